The van der Waals surface area contributed by atoms with E-state index in [4.69, 9.17) is 0 Å². The van der Waals surface area contributed by atoms with Crippen LogP contribution in [0.5, 0.6) is 0 Å². The fraction of sp³-hybridized carbons (Fsp3) is 0.684. The van der Waals surface area contributed by atoms with Crippen LogP contribution in [0.25, 0.3) is 0 Å². The van der Waals surface area contributed by atoms with Crippen LogP contribution in [0.4, 0.5) is 0 Å². The first-order valence-corrected chi connectivity index (χ1v) is 8.77. The van der Waals surface area contributed by atoms with Gasteiger partial charge in [0.1, 0.15) is 0 Å². The lowest BCUT2D eigenvalue weighted by Crippen LogP contribution is -2.58. The molecule has 116 valence electrons. The maximum atomic E-state index is 3.82. The number of piperazine rings is 1. The zero-order chi connectivity index (χ0) is 14.7. The van der Waals surface area contributed by atoms with Gasteiger partial charge in [0.2, 0.25) is 0 Å². The van der Waals surface area contributed by atoms with E-state index >= 15 is 0 Å². The quantitative estimate of drug-likeness (QED) is 0.863. The van der Waals surface area contributed by atoms with Crippen LogP contribution in [-0.2, 0) is 6.42 Å². The van der Waals surface area contributed by atoms with Gasteiger partial charge in [-0.05, 0) is 36.7 Å². The highest BCUT2D eigenvalue weighted by Crippen LogP contribution is 2.36. The fourth-order valence-corrected chi connectivity index (χ4v) is 3.62. The zero-order valence-electron chi connectivity index (χ0n) is 13.6. The molecule has 2 heteroatoms. The third kappa shape index (κ3) is 4.08. The maximum Gasteiger partial charge on any atom is 0.0249 e. The van der Waals surface area contributed by atoms with Crippen molar-refractivity contribution in [3.8, 4) is 0 Å². The Balaban J connectivity index is 1.60. The van der Waals surface area contributed by atoms with E-state index < -0.39 is 0 Å². The molecule has 3 atom stereocenters. The van der Waals surface area contributed by atoms with E-state index in [1.807, 2.05) is 0 Å². The summed E-state index contributed by atoms with van der Waals surface area (Å²) in [4.78, 5) is 2.80. The third-order valence-corrected chi connectivity index (χ3v) is 5.27. The Kier molecular flexibility index (Phi) is 4.97. The highest BCUT2D eigenvalue weighted by molar-refractivity contribution is 5.16. The first kappa shape index (κ1) is 15.1. The Morgan fingerprint density at radius 3 is 2.67 bits per heavy atom. The second-order valence-corrected chi connectivity index (χ2v) is 7.17. The minimum Gasteiger partial charge on any atom is -0.311 e. The number of rotatable bonds is 6. The molecule has 2 aliphatic rings. The minimum atomic E-state index is 0.617. The van der Waals surface area contributed by atoms with Gasteiger partial charge in [-0.15, -0.1) is 0 Å². The Morgan fingerprint density at radius 2 is 2.00 bits per heavy atom. The summed E-state index contributed by atoms with van der Waals surface area (Å²) in [5, 5.41) is 3.82. The van der Waals surface area contributed by atoms with Gasteiger partial charge in [-0.25, -0.2) is 0 Å². The van der Waals surface area contributed by atoms with Gasteiger partial charge >= 0.3 is 0 Å². The van der Waals surface area contributed by atoms with Crippen LogP contribution in [0.2, 0.25) is 0 Å². The molecule has 3 unspecified atom stereocenters. The van der Waals surface area contributed by atoms with Crippen LogP contribution in [-0.4, -0.2) is 36.6 Å². The van der Waals surface area contributed by atoms with Gasteiger partial charge in [0.15, 0.2) is 0 Å². The molecular weight excluding hydrogens is 256 g/mol. The summed E-state index contributed by atoms with van der Waals surface area (Å²) >= 11 is 0. The van der Waals surface area contributed by atoms with Crippen molar-refractivity contribution in [2.75, 3.05) is 19.6 Å². The molecule has 1 saturated heterocycles. The summed E-state index contributed by atoms with van der Waals surface area (Å²) in [7, 11) is 0. The topological polar surface area (TPSA) is 15.3 Å². The Labute approximate surface area is 129 Å². The number of nitrogens with zero attached hydrogens (tertiary/aromatic N) is 1. The van der Waals surface area contributed by atoms with Gasteiger partial charge in [-0.1, -0.05) is 50.6 Å². The molecule has 0 aromatic heterocycles. The van der Waals surface area contributed by atoms with E-state index in [0.29, 0.717) is 6.04 Å². The van der Waals surface area contributed by atoms with Crippen LogP contribution in [0.15, 0.2) is 30.3 Å². The molecule has 0 bridgehead atoms. The molecule has 0 spiro atoms. The standard InChI is InChI=1S/C19H30N2/c1-3-15(2)13-21-14-18(11-16-7-5-4-6-8-16)20-12-19(21)17-9-10-17/h4-8,15,17-20H,3,9-14H2,1-2H3. The molecule has 1 aliphatic heterocycles. The van der Waals surface area contributed by atoms with Crippen molar-refractivity contribution in [2.24, 2.45) is 11.8 Å². The Morgan fingerprint density at radius 1 is 1.24 bits per heavy atom. The van der Waals surface area contributed by atoms with Crippen LogP contribution >= 0.6 is 0 Å². The summed E-state index contributed by atoms with van der Waals surface area (Å²) in [6.45, 7) is 8.42. The Hall–Kier alpha value is -0.860. The van der Waals surface area contributed by atoms with Gasteiger partial charge in [-0.3, -0.25) is 4.90 Å². The van der Waals surface area contributed by atoms with E-state index in [1.165, 1.54) is 44.5 Å². The molecule has 0 radical (unpaired) electrons. The molecular formula is C19H30N2. The molecule has 2 nitrogen and oxygen atoms in total. The molecule has 0 amide bonds. The smallest absolute Gasteiger partial charge is 0.0249 e. The van der Waals surface area contributed by atoms with E-state index in [1.54, 1.807) is 0 Å². The maximum absolute atomic E-state index is 3.82. The Bertz CT molecular complexity index is 426. The van der Waals surface area contributed by atoms with Crippen molar-refractivity contribution in [3.63, 3.8) is 0 Å². The number of hydrogen-bond acceptors (Lipinski definition) is 2. The van der Waals surface area contributed by atoms with Gasteiger partial charge < -0.3 is 5.32 Å². The van der Waals surface area contributed by atoms with Gasteiger partial charge in [0, 0.05) is 31.7 Å². The number of nitrogens with one attached hydrogen (secondary N) is 1. The van der Waals surface area contributed by atoms with Gasteiger partial charge in [-0.2, -0.15) is 0 Å². The molecule has 21 heavy (non-hydrogen) atoms. The molecule has 1 aromatic carbocycles. The van der Waals surface area contributed by atoms with Crippen molar-refractivity contribution >= 4 is 0 Å². The number of hydrogen-bond donors (Lipinski definition) is 1. The normalized spacial score (nSPS) is 28.5. The summed E-state index contributed by atoms with van der Waals surface area (Å²) in [5.74, 6) is 1.79. The second kappa shape index (κ2) is 6.93. The number of benzene rings is 1. The first-order valence-electron chi connectivity index (χ1n) is 8.77. The molecule has 1 saturated carbocycles. The van der Waals surface area contributed by atoms with Crippen LogP contribution in [0, 0.1) is 11.8 Å². The average molecular weight is 286 g/mol. The van der Waals surface area contributed by atoms with Gasteiger partial charge in [0.05, 0.1) is 0 Å². The van der Waals surface area contributed by atoms with E-state index in [2.05, 4.69) is 54.4 Å². The van der Waals surface area contributed by atoms with Crippen molar-refractivity contribution in [3.05, 3.63) is 35.9 Å². The monoisotopic (exact) mass is 286 g/mol. The molecule has 1 heterocycles. The SMILES string of the molecule is CCC(C)CN1CC(Cc2ccccc2)NCC1C1CC1. The second-order valence-electron chi connectivity index (χ2n) is 7.17. The zero-order valence-corrected chi connectivity index (χ0v) is 13.6. The summed E-state index contributed by atoms with van der Waals surface area (Å²) in [6.07, 6.45) is 5.36. The van der Waals surface area contributed by atoms with Crippen molar-refractivity contribution in [1.29, 1.82) is 0 Å². The minimum absolute atomic E-state index is 0.617. The lowest BCUT2D eigenvalue weighted by molar-refractivity contribution is 0.0978. The molecule has 1 N–H and O–H groups in total. The van der Waals surface area contributed by atoms with Crippen LogP contribution in [0.3, 0.4) is 0 Å². The lowest BCUT2D eigenvalue weighted by atomic mass is 9.97. The van der Waals surface area contributed by atoms with E-state index in [-0.39, 0.29) is 0 Å². The lowest BCUT2D eigenvalue weighted by Gasteiger charge is -2.42. The molecule has 1 aromatic rings. The molecule has 3 rings (SSSR count). The van der Waals surface area contributed by atoms with E-state index in [0.717, 1.165) is 24.3 Å². The molecule has 1 aliphatic carbocycles. The highest BCUT2D eigenvalue weighted by Gasteiger charge is 2.38. The predicted molar refractivity (Wildman–Crippen MR) is 89.5 cm³/mol. The highest BCUT2D eigenvalue weighted by atomic mass is 15.2. The largest absolute Gasteiger partial charge is 0.311 e. The van der Waals surface area contributed by atoms with Crippen molar-refractivity contribution in [1.82, 2.24) is 10.2 Å². The van der Waals surface area contributed by atoms with Crippen LogP contribution in [0.1, 0.15) is 38.7 Å². The fourth-order valence-electron chi connectivity index (χ4n) is 3.62. The first-order chi connectivity index (χ1) is 10.3. The summed E-state index contributed by atoms with van der Waals surface area (Å²) in [6, 6.07) is 12.3. The van der Waals surface area contributed by atoms with Gasteiger partial charge in [0.25, 0.3) is 0 Å². The van der Waals surface area contributed by atoms with Crippen molar-refractivity contribution in [2.45, 2.75) is 51.6 Å². The van der Waals surface area contributed by atoms with Crippen LogP contribution < -0.4 is 5.32 Å². The molecule has 2 fully saturated rings. The summed E-state index contributed by atoms with van der Waals surface area (Å²) in [5.41, 5.74) is 1.46. The van der Waals surface area contributed by atoms with E-state index in [9.17, 15) is 0 Å². The van der Waals surface area contributed by atoms with Crippen molar-refractivity contribution < 1.29 is 0 Å². The third-order valence-electron chi connectivity index (χ3n) is 5.27. The predicted octanol–water partition coefficient (Wildman–Crippen LogP) is 3.33. The summed E-state index contributed by atoms with van der Waals surface area (Å²) < 4.78 is 0. The average Bonchev–Trinajstić information content (AvgIpc) is 3.33.